The maximum Gasteiger partial charge on any atom is 0.0447 e. The van der Waals surface area contributed by atoms with E-state index in [9.17, 15) is 0 Å². The molecule has 108 valence electrons. The number of rotatable bonds is 7. The van der Waals surface area contributed by atoms with Crippen molar-refractivity contribution < 1.29 is 0 Å². The Labute approximate surface area is 118 Å². The summed E-state index contributed by atoms with van der Waals surface area (Å²) in [6.07, 6.45) is 3.18. The molecule has 1 unspecified atom stereocenters. The highest BCUT2D eigenvalue weighted by Crippen LogP contribution is 2.24. The van der Waals surface area contributed by atoms with E-state index >= 15 is 0 Å². The topological polar surface area (TPSA) is 28.2 Å². The number of aryl methyl sites for hydroxylation is 1. The first-order valence-electron chi connectivity index (χ1n) is 7.45. The van der Waals surface area contributed by atoms with Gasteiger partial charge in [0.05, 0.1) is 0 Å². The van der Waals surface area contributed by atoms with Crippen molar-refractivity contribution in [1.82, 2.24) is 10.3 Å². The molecule has 0 aliphatic carbocycles. The Bertz CT molecular complexity index is 388. The molecular formula is C16H29N3. The van der Waals surface area contributed by atoms with Crippen molar-refractivity contribution >= 4 is 5.69 Å². The Morgan fingerprint density at radius 2 is 1.95 bits per heavy atom. The predicted molar refractivity (Wildman–Crippen MR) is 83.7 cm³/mol. The van der Waals surface area contributed by atoms with Crippen molar-refractivity contribution in [3.63, 3.8) is 0 Å². The first-order chi connectivity index (χ1) is 8.99. The average Bonchev–Trinajstić information content (AvgIpc) is 2.38. The molecule has 1 aromatic rings. The number of hydrogen-bond acceptors (Lipinski definition) is 3. The van der Waals surface area contributed by atoms with Crippen LogP contribution in [-0.4, -0.2) is 23.6 Å². The van der Waals surface area contributed by atoms with E-state index in [0.29, 0.717) is 12.1 Å². The molecule has 0 aromatic carbocycles. The Kier molecular flexibility index (Phi) is 6.29. The quantitative estimate of drug-likeness (QED) is 0.816. The Morgan fingerprint density at radius 1 is 1.26 bits per heavy atom. The fourth-order valence-electron chi connectivity index (χ4n) is 2.23. The minimum Gasteiger partial charge on any atom is -0.369 e. The molecule has 0 bridgehead atoms. The third-order valence-corrected chi connectivity index (χ3v) is 3.57. The van der Waals surface area contributed by atoms with Crippen molar-refractivity contribution in [2.75, 3.05) is 11.4 Å². The highest BCUT2D eigenvalue weighted by atomic mass is 15.2. The third kappa shape index (κ3) is 4.50. The summed E-state index contributed by atoms with van der Waals surface area (Å²) in [4.78, 5) is 6.93. The molecule has 1 N–H and O–H groups in total. The molecule has 0 aliphatic heterocycles. The minimum atomic E-state index is 0.493. The molecule has 1 rings (SSSR count). The van der Waals surface area contributed by atoms with E-state index in [2.05, 4.69) is 62.8 Å². The molecule has 0 aliphatic rings. The van der Waals surface area contributed by atoms with Gasteiger partial charge in [-0.2, -0.15) is 0 Å². The van der Waals surface area contributed by atoms with Crippen molar-refractivity contribution in [1.29, 1.82) is 0 Å². The SMILES string of the molecule is CCC(C)N(CC)c1cc(C)ncc1CNC(C)C. The van der Waals surface area contributed by atoms with Gasteiger partial charge in [-0.05, 0) is 33.3 Å². The smallest absolute Gasteiger partial charge is 0.0447 e. The van der Waals surface area contributed by atoms with Crippen LogP contribution in [-0.2, 0) is 6.54 Å². The first kappa shape index (κ1) is 16.0. The van der Waals surface area contributed by atoms with Gasteiger partial charge >= 0.3 is 0 Å². The largest absolute Gasteiger partial charge is 0.369 e. The van der Waals surface area contributed by atoms with E-state index in [-0.39, 0.29) is 0 Å². The lowest BCUT2D eigenvalue weighted by molar-refractivity contribution is 0.580. The molecule has 1 atom stereocenters. The number of nitrogens with one attached hydrogen (secondary N) is 1. The highest BCUT2D eigenvalue weighted by molar-refractivity contribution is 5.54. The van der Waals surface area contributed by atoms with Gasteiger partial charge in [-0.15, -0.1) is 0 Å². The number of anilines is 1. The molecule has 0 saturated carbocycles. The molecule has 3 nitrogen and oxygen atoms in total. The normalized spacial score (nSPS) is 12.8. The van der Waals surface area contributed by atoms with Crippen LogP contribution in [0.25, 0.3) is 0 Å². The standard InChI is InChI=1S/C16H29N3/c1-7-14(6)19(8-2)16-9-13(5)18-11-15(16)10-17-12(3)4/h9,11-12,14,17H,7-8,10H2,1-6H3. The summed E-state index contributed by atoms with van der Waals surface area (Å²) in [6, 6.07) is 3.27. The van der Waals surface area contributed by atoms with Crippen molar-refractivity contribution in [3.05, 3.63) is 23.5 Å². The summed E-state index contributed by atoms with van der Waals surface area (Å²) in [5.41, 5.74) is 3.71. The van der Waals surface area contributed by atoms with Crippen molar-refractivity contribution in [2.45, 2.75) is 66.6 Å². The molecule has 0 spiro atoms. The molecule has 0 radical (unpaired) electrons. The van der Waals surface area contributed by atoms with Gasteiger partial charge in [-0.25, -0.2) is 0 Å². The lowest BCUT2D eigenvalue weighted by Gasteiger charge is -2.31. The van der Waals surface area contributed by atoms with Crippen molar-refractivity contribution in [3.8, 4) is 0 Å². The molecule has 0 amide bonds. The van der Waals surface area contributed by atoms with Gasteiger partial charge in [0.15, 0.2) is 0 Å². The zero-order chi connectivity index (χ0) is 14.4. The van der Waals surface area contributed by atoms with E-state index in [0.717, 1.165) is 25.2 Å². The van der Waals surface area contributed by atoms with E-state index in [1.165, 1.54) is 11.3 Å². The zero-order valence-corrected chi connectivity index (χ0v) is 13.3. The summed E-state index contributed by atoms with van der Waals surface area (Å²) in [5, 5.41) is 3.49. The van der Waals surface area contributed by atoms with E-state index in [1.54, 1.807) is 0 Å². The Hall–Kier alpha value is -1.09. The van der Waals surface area contributed by atoms with Crippen LogP contribution < -0.4 is 10.2 Å². The van der Waals surface area contributed by atoms with Gasteiger partial charge in [0.1, 0.15) is 0 Å². The third-order valence-electron chi connectivity index (χ3n) is 3.57. The van der Waals surface area contributed by atoms with E-state index in [1.807, 2.05) is 6.20 Å². The van der Waals surface area contributed by atoms with Crippen LogP contribution in [0.3, 0.4) is 0 Å². The van der Waals surface area contributed by atoms with Gasteiger partial charge in [0, 0.05) is 48.3 Å². The maximum atomic E-state index is 4.45. The van der Waals surface area contributed by atoms with Gasteiger partial charge < -0.3 is 10.2 Å². The van der Waals surface area contributed by atoms with Crippen LogP contribution in [0, 0.1) is 6.92 Å². The lowest BCUT2D eigenvalue weighted by atomic mass is 10.1. The van der Waals surface area contributed by atoms with E-state index < -0.39 is 0 Å². The van der Waals surface area contributed by atoms with Crippen LogP contribution in [0.15, 0.2) is 12.3 Å². The molecule has 1 aromatic heterocycles. The summed E-state index contributed by atoms with van der Waals surface area (Å²) in [6.45, 7) is 15.1. The maximum absolute atomic E-state index is 4.45. The van der Waals surface area contributed by atoms with Gasteiger partial charge in [0.2, 0.25) is 0 Å². The number of pyridine rings is 1. The molecule has 0 fully saturated rings. The van der Waals surface area contributed by atoms with Crippen molar-refractivity contribution in [2.24, 2.45) is 0 Å². The second kappa shape index (κ2) is 7.49. The molecule has 1 heterocycles. The first-order valence-corrected chi connectivity index (χ1v) is 7.45. The average molecular weight is 263 g/mol. The van der Waals surface area contributed by atoms with Gasteiger partial charge in [-0.3, -0.25) is 4.98 Å². The van der Waals surface area contributed by atoms with Gasteiger partial charge in [-0.1, -0.05) is 20.8 Å². The van der Waals surface area contributed by atoms with Crippen LogP contribution in [0.4, 0.5) is 5.69 Å². The molecule has 3 heteroatoms. The predicted octanol–water partition coefficient (Wildman–Crippen LogP) is 3.51. The fraction of sp³-hybridized carbons (Fsp3) is 0.688. The zero-order valence-electron chi connectivity index (χ0n) is 13.3. The van der Waals surface area contributed by atoms with Crippen LogP contribution in [0.2, 0.25) is 0 Å². The second-order valence-corrected chi connectivity index (χ2v) is 5.53. The monoisotopic (exact) mass is 263 g/mol. The fourth-order valence-corrected chi connectivity index (χ4v) is 2.23. The summed E-state index contributed by atoms with van der Waals surface area (Å²) in [5.74, 6) is 0. The summed E-state index contributed by atoms with van der Waals surface area (Å²) in [7, 11) is 0. The lowest BCUT2D eigenvalue weighted by Crippen LogP contribution is -2.34. The Morgan fingerprint density at radius 3 is 2.47 bits per heavy atom. The van der Waals surface area contributed by atoms with E-state index in [4.69, 9.17) is 0 Å². The van der Waals surface area contributed by atoms with Crippen LogP contribution in [0.5, 0.6) is 0 Å². The number of hydrogen-bond donors (Lipinski definition) is 1. The summed E-state index contributed by atoms with van der Waals surface area (Å²) < 4.78 is 0. The molecule has 0 saturated heterocycles. The summed E-state index contributed by atoms with van der Waals surface area (Å²) >= 11 is 0. The Balaban J connectivity index is 3.04. The van der Waals surface area contributed by atoms with Crippen LogP contribution in [0.1, 0.15) is 52.3 Å². The molecular weight excluding hydrogens is 234 g/mol. The van der Waals surface area contributed by atoms with Crippen LogP contribution >= 0.6 is 0 Å². The van der Waals surface area contributed by atoms with Gasteiger partial charge in [0.25, 0.3) is 0 Å². The second-order valence-electron chi connectivity index (χ2n) is 5.53. The minimum absolute atomic E-state index is 0.493. The molecule has 19 heavy (non-hydrogen) atoms. The number of aromatic nitrogens is 1. The highest BCUT2D eigenvalue weighted by Gasteiger charge is 2.15. The number of nitrogens with zero attached hydrogens (tertiary/aromatic N) is 2.